The summed E-state index contributed by atoms with van der Waals surface area (Å²) < 4.78 is 11.5. The van der Waals surface area contributed by atoms with Crippen molar-refractivity contribution in [3.8, 4) is 5.75 Å². The van der Waals surface area contributed by atoms with E-state index < -0.39 is 0 Å². The molecule has 0 spiro atoms. The molecule has 2 aromatic rings. The Morgan fingerprint density at radius 2 is 2.18 bits per heavy atom. The van der Waals surface area contributed by atoms with Gasteiger partial charge in [-0.05, 0) is 31.6 Å². The highest BCUT2D eigenvalue weighted by molar-refractivity contribution is 5.67. The third-order valence-electron chi connectivity index (χ3n) is 3.95. The molecule has 1 atom stereocenters. The normalized spacial score (nSPS) is 17.2. The van der Waals surface area contributed by atoms with Crippen molar-refractivity contribution >= 4 is 5.76 Å². The first-order valence-corrected chi connectivity index (χ1v) is 7.78. The number of nitrogens with one attached hydrogen (secondary N) is 1. The second-order valence-corrected chi connectivity index (χ2v) is 5.55. The number of nitrogens with zero attached hydrogens (tertiary/aromatic N) is 1. The average Bonchev–Trinajstić information content (AvgIpc) is 3.15. The number of hydrogen-bond acceptors (Lipinski definition) is 3. The molecule has 1 aliphatic heterocycles. The molecule has 1 N–H and O–H groups in total. The molecule has 0 bridgehead atoms. The highest BCUT2D eigenvalue weighted by Crippen LogP contribution is 2.38. The molecule has 0 radical (unpaired) electrons. The molecule has 1 aromatic heterocycles. The fraction of sp³-hybridized carbons (Fsp3) is 0.389. The highest BCUT2D eigenvalue weighted by Gasteiger charge is 2.25. The predicted octanol–water partition coefficient (Wildman–Crippen LogP) is 4.18. The van der Waals surface area contributed by atoms with Gasteiger partial charge in [0.1, 0.15) is 17.3 Å². The van der Waals surface area contributed by atoms with Crippen LogP contribution in [0.2, 0.25) is 0 Å². The molecule has 4 heteroatoms. The topological polar surface area (TPSA) is 47.1 Å². The lowest BCUT2D eigenvalue weighted by molar-refractivity contribution is 0.185. The van der Waals surface area contributed by atoms with Crippen LogP contribution in [0.4, 0.5) is 0 Å². The summed E-state index contributed by atoms with van der Waals surface area (Å²) >= 11 is 0. The molecule has 1 aliphatic rings. The van der Waals surface area contributed by atoms with E-state index in [4.69, 9.17) is 14.5 Å². The minimum absolute atomic E-state index is 0.0378. The molecule has 0 saturated heterocycles. The first-order chi connectivity index (χ1) is 10.7. The number of rotatable bonds is 5. The molecule has 0 fully saturated rings. The largest absolute Gasteiger partial charge is 0.496 e. The van der Waals surface area contributed by atoms with Crippen molar-refractivity contribution in [2.75, 3.05) is 7.11 Å². The molecule has 2 heterocycles. The monoisotopic (exact) mass is 298 g/mol. The maximum absolute atomic E-state index is 6.11. The van der Waals surface area contributed by atoms with Gasteiger partial charge < -0.3 is 14.5 Å². The van der Waals surface area contributed by atoms with Gasteiger partial charge in [-0.1, -0.05) is 25.5 Å². The van der Waals surface area contributed by atoms with Gasteiger partial charge in [-0.25, -0.2) is 4.98 Å². The molecule has 1 aromatic carbocycles. The van der Waals surface area contributed by atoms with Crippen molar-refractivity contribution in [1.29, 1.82) is 0 Å². The van der Waals surface area contributed by atoms with Crippen LogP contribution < -0.4 is 4.74 Å². The zero-order chi connectivity index (χ0) is 15.5. The van der Waals surface area contributed by atoms with E-state index in [1.807, 2.05) is 24.3 Å². The van der Waals surface area contributed by atoms with Crippen LogP contribution in [0.3, 0.4) is 0 Å². The number of aryl methyl sites for hydroxylation is 2. The third-order valence-corrected chi connectivity index (χ3v) is 3.95. The zero-order valence-corrected chi connectivity index (χ0v) is 13.3. The van der Waals surface area contributed by atoms with Crippen LogP contribution >= 0.6 is 0 Å². The second-order valence-electron chi connectivity index (χ2n) is 5.55. The number of aromatic amines is 1. The molecule has 3 rings (SSSR count). The molecule has 116 valence electrons. The first kappa shape index (κ1) is 14.7. The van der Waals surface area contributed by atoms with Gasteiger partial charge in [-0.15, -0.1) is 0 Å². The Bertz CT molecular complexity index is 688. The number of aromatic nitrogens is 2. The minimum atomic E-state index is -0.0378. The smallest absolute Gasteiger partial charge is 0.160 e. The average molecular weight is 298 g/mol. The maximum atomic E-state index is 6.11. The van der Waals surface area contributed by atoms with Crippen LogP contribution in [0, 0.1) is 6.92 Å². The van der Waals surface area contributed by atoms with E-state index >= 15 is 0 Å². The Hall–Kier alpha value is -2.23. The molecular weight excluding hydrogens is 276 g/mol. The van der Waals surface area contributed by atoms with Gasteiger partial charge in [0.25, 0.3) is 0 Å². The van der Waals surface area contributed by atoms with Crippen molar-refractivity contribution in [2.45, 2.75) is 39.2 Å². The van der Waals surface area contributed by atoms with Crippen molar-refractivity contribution < 1.29 is 9.47 Å². The van der Waals surface area contributed by atoms with Gasteiger partial charge in [-0.3, -0.25) is 0 Å². The van der Waals surface area contributed by atoms with Gasteiger partial charge in [0, 0.05) is 12.1 Å². The standard InChI is InChI=1S/C18H22N2O2/c1-4-7-14-12(2)19-18(20-14)17-11-10-16(22-17)13-8-5-6-9-15(13)21-3/h5-6,8-10,17H,4,7,11H2,1-3H3,(H,19,20). The summed E-state index contributed by atoms with van der Waals surface area (Å²) in [5.41, 5.74) is 3.28. The molecule has 22 heavy (non-hydrogen) atoms. The van der Waals surface area contributed by atoms with Gasteiger partial charge in [-0.2, -0.15) is 0 Å². The molecule has 0 amide bonds. The lowest BCUT2D eigenvalue weighted by Crippen LogP contribution is -2.00. The lowest BCUT2D eigenvalue weighted by atomic mass is 10.1. The Morgan fingerprint density at radius 1 is 1.36 bits per heavy atom. The molecule has 0 saturated carbocycles. The summed E-state index contributed by atoms with van der Waals surface area (Å²) in [6, 6.07) is 7.92. The summed E-state index contributed by atoms with van der Waals surface area (Å²) in [6.45, 7) is 4.24. The number of hydrogen-bond donors (Lipinski definition) is 1. The van der Waals surface area contributed by atoms with Gasteiger partial charge in [0.15, 0.2) is 6.10 Å². The summed E-state index contributed by atoms with van der Waals surface area (Å²) in [7, 11) is 1.68. The van der Waals surface area contributed by atoms with Crippen molar-refractivity contribution in [1.82, 2.24) is 9.97 Å². The Morgan fingerprint density at radius 3 is 2.95 bits per heavy atom. The third kappa shape index (κ3) is 2.73. The number of methoxy groups -OCH3 is 1. The van der Waals surface area contributed by atoms with Crippen molar-refractivity contribution in [2.24, 2.45) is 0 Å². The van der Waals surface area contributed by atoms with E-state index in [2.05, 4.69) is 24.9 Å². The lowest BCUT2D eigenvalue weighted by Gasteiger charge is -2.13. The quantitative estimate of drug-likeness (QED) is 0.900. The Balaban J connectivity index is 1.78. The van der Waals surface area contributed by atoms with Crippen LogP contribution in [0.25, 0.3) is 5.76 Å². The van der Waals surface area contributed by atoms with Crippen LogP contribution in [0.5, 0.6) is 5.75 Å². The number of H-pyrrole nitrogens is 1. The van der Waals surface area contributed by atoms with E-state index in [9.17, 15) is 0 Å². The van der Waals surface area contributed by atoms with Gasteiger partial charge in [0.05, 0.1) is 18.4 Å². The Labute approximate surface area is 131 Å². The van der Waals surface area contributed by atoms with Gasteiger partial charge >= 0.3 is 0 Å². The van der Waals surface area contributed by atoms with Crippen molar-refractivity contribution in [3.63, 3.8) is 0 Å². The number of benzene rings is 1. The SMILES string of the molecule is CCCc1nc(C2CC=C(c3ccccc3OC)O2)[nH]c1C. The zero-order valence-electron chi connectivity index (χ0n) is 13.3. The summed E-state index contributed by atoms with van der Waals surface area (Å²) in [5, 5.41) is 0. The van der Waals surface area contributed by atoms with Crippen LogP contribution in [0.1, 0.15) is 48.6 Å². The molecule has 1 unspecified atom stereocenters. The van der Waals surface area contributed by atoms with Crippen LogP contribution in [-0.4, -0.2) is 17.1 Å². The second kappa shape index (κ2) is 6.26. The predicted molar refractivity (Wildman–Crippen MR) is 86.7 cm³/mol. The summed E-state index contributed by atoms with van der Waals surface area (Å²) in [6.07, 6.45) is 5.00. The fourth-order valence-corrected chi connectivity index (χ4v) is 2.81. The van der Waals surface area contributed by atoms with Gasteiger partial charge in [0.2, 0.25) is 0 Å². The minimum Gasteiger partial charge on any atom is -0.496 e. The van der Waals surface area contributed by atoms with Crippen molar-refractivity contribution in [3.05, 3.63) is 53.1 Å². The highest BCUT2D eigenvalue weighted by atomic mass is 16.5. The number of ether oxygens (including phenoxy) is 2. The van der Waals surface area contributed by atoms with E-state index in [0.717, 1.165) is 53.5 Å². The summed E-state index contributed by atoms with van der Waals surface area (Å²) in [4.78, 5) is 8.08. The van der Waals surface area contributed by atoms with Crippen LogP contribution in [0.15, 0.2) is 30.3 Å². The van der Waals surface area contributed by atoms with E-state index in [1.165, 1.54) is 0 Å². The number of para-hydroxylation sites is 1. The van der Waals surface area contributed by atoms with E-state index in [-0.39, 0.29) is 6.10 Å². The molecule has 0 aliphatic carbocycles. The Kier molecular flexibility index (Phi) is 4.18. The van der Waals surface area contributed by atoms with E-state index in [0.29, 0.717) is 0 Å². The number of imidazole rings is 1. The van der Waals surface area contributed by atoms with E-state index in [1.54, 1.807) is 7.11 Å². The maximum Gasteiger partial charge on any atom is 0.160 e. The molecule has 4 nitrogen and oxygen atoms in total. The van der Waals surface area contributed by atoms with Crippen LogP contribution in [-0.2, 0) is 11.2 Å². The summed E-state index contributed by atoms with van der Waals surface area (Å²) in [5.74, 6) is 2.62. The molecular formula is C18H22N2O2. The fourth-order valence-electron chi connectivity index (χ4n) is 2.81. The first-order valence-electron chi connectivity index (χ1n) is 7.78.